The summed E-state index contributed by atoms with van der Waals surface area (Å²) >= 11 is 3.38. The van der Waals surface area contributed by atoms with Crippen molar-refractivity contribution >= 4 is 33.6 Å². The molecule has 0 heterocycles. The molecule has 2 rings (SSSR count). The van der Waals surface area contributed by atoms with Crippen molar-refractivity contribution < 1.29 is 14.0 Å². The number of carbonyl (C=O) groups excluding carboxylic acids is 2. The van der Waals surface area contributed by atoms with Gasteiger partial charge in [0.1, 0.15) is 5.82 Å². The Bertz CT molecular complexity index is 722. The van der Waals surface area contributed by atoms with Gasteiger partial charge in [-0.25, -0.2) is 9.18 Å². The lowest BCUT2D eigenvalue weighted by atomic mass is 10.1. The predicted octanol–water partition coefficient (Wildman–Crippen LogP) is 3.59. The number of halogens is 2. The number of rotatable bonds is 5. The highest BCUT2D eigenvalue weighted by Gasteiger charge is 2.11. The second-order valence-corrected chi connectivity index (χ2v) is 6.07. The maximum atomic E-state index is 12.8. The fraction of sp³-hybridized carbons (Fsp3) is 0.176. The number of benzene rings is 2. The zero-order valence-corrected chi connectivity index (χ0v) is 14.6. The first-order valence-electron chi connectivity index (χ1n) is 7.29. The number of carbonyl (C=O) groups is 2. The largest absolute Gasteiger partial charge is 0.332 e. The van der Waals surface area contributed by atoms with Crippen molar-refractivity contribution in [3.8, 4) is 0 Å². The zero-order chi connectivity index (χ0) is 17.5. The normalized spacial score (nSPS) is 11.5. The molecule has 0 aliphatic carbocycles. The maximum absolute atomic E-state index is 12.8. The Morgan fingerprint density at radius 1 is 1.17 bits per heavy atom. The quantitative estimate of drug-likeness (QED) is 0.726. The summed E-state index contributed by atoms with van der Waals surface area (Å²) in [5, 5.41) is 7.79. The lowest BCUT2D eigenvalue weighted by Gasteiger charge is -2.15. The van der Waals surface area contributed by atoms with Crippen LogP contribution in [0.15, 0.2) is 53.0 Å². The van der Waals surface area contributed by atoms with Gasteiger partial charge in [-0.2, -0.15) is 0 Å². The highest BCUT2D eigenvalue weighted by Crippen LogP contribution is 2.17. The Kier molecular flexibility index (Phi) is 6.31. The SMILES string of the molecule is CC(NC(=O)NCC(=O)Nc1ccc(F)cc1)c1cccc(Br)c1. The molecule has 0 radical (unpaired) electrons. The molecule has 3 amide bonds. The Hall–Kier alpha value is -2.41. The summed E-state index contributed by atoms with van der Waals surface area (Å²) < 4.78 is 13.7. The van der Waals surface area contributed by atoms with Crippen LogP contribution < -0.4 is 16.0 Å². The fourth-order valence-corrected chi connectivity index (χ4v) is 2.42. The highest BCUT2D eigenvalue weighted by atomic mass is 79.9. The van der Waals surface area contributed by atoms with Gasteiger partial charge < -0.3 is 16.0 Å². The Balaban J connectivity index is 1.78. The van der Waals surface area contributed by atoms with Crippen LogP contribution in [0.4, 0.5) is 14.9 Å². The molecule has 2 aromatic rings. The van der Waals surface area contributed by atoms with E-state index in [0.29, 0.717) is 5.69 Å². The van der Waals surface area contributed by atoms with Gasteiger partial charge in [-0.3, -0.25) is 4.79 Å². The second-order valence-electron chi connectivity index (χ2n) is 5.16. The lowest BCUT2D eigenvalue weighted by Crippen LogP contribution is -2.41. The van der Waals surface area contributed by atoms with Crippen molar-refractivity contribution in [2.45, 2.75) is 13.0 Å². The van der Waals surface area contributed by atoms with Gasteiger partial charge in [0.25, 0.3) is 0 Å². The van der Waals surface area contributed by atoms with Crippen LogP contribution in [0.2, 0.25) is 0 Å². The first kappa shape index (κ1) is 17.9. The van der Waals surface area contributed by atoms with Crippen molar-refractivity contribution in [2.75, 3.05) is 11.9 Å². The molecule has 0 saturated carbocycles. The summed E-state index contributed by atoms with van der Waals surface area (Å²) in [7, 11) is 0. The van der Waals surface area contributed by atoms with Gasteiger partial charge in [-0.05, 0) is 48.9 Å². The summed E-state index contributed by atoms with van der Waals surface area (Å²) in [6.07, 6.45) is 0. The monoisotopic (exact) mass is 393 g/mol. The lowest BCUT2D eigenvalue weighted by molar-refractivity contribution is -0.115. The molecule has 0 saturated heterocycles. The van der Waals surface area contributed by atoms with Crippen LogP contribution >= 0.6 is 15.9 Å². The third-order valence-electron chi connectivity index (χ3n) is 3.23. The van der Waals surface area contributed by atoms with Crippen molar-refractivity contribution in [1.29, 1.82) is 0 Å². The molecule has 2 aromatic carbocycles. The van der Waals surface area contributed by atoms with Crippen molar-refractivity contribution in [3.63, 3.8) is 0 Å². The van der Waals surface area contributed by atoms with Crippen LogP contribution in [0.3, 0.4) is 0 Å². The minimum atomic E-state index is -0.447. The van der Waals surface area contributed by atoms with E-state index < -0.39 is 11.9 Å². The molecule has 1 unspecified atom stereocenters. The topological polar surface area (TPSA) is 70.2 Å². The van der Waals surface area contributed by atoms with Gasteiger partial charge >= 0.3 is 6.03 Å². The third-order valence-corrected chi connectivity index (χ3v) is 3.73. The van der Waals surface area contributed by atoms with Gasteiger partial charge in [0, 0.05) is 10.2 Å². The average Bonchev–Trinajstić information content (AvgIpc) is 2.55. The summed E-state index contributed by atoms with van der Waals surface area (Å²) in [5.41, 5.74) is 1.40. The Labute approximate surface area is 147 Å². The van der Waals surface area contributed by atoms with E-state index in [9.17, 15) is 14.0 Å². The molecule has 1 atom stereocenters. The van der Waals surface area contributed by atoms with Gasteiger partial charge in [-0.15, -0.1) is 0 Å². The van der Waals surface area contributed by atoms with Crippen LogP contribution in [0, 0.1) is 5.82 Å². The molecule has 0 aromatic heterocycles. The molecule has 0 bridgehead atoms. The number of hydrogen-bond acceptors (Lipinski definition) is 2. The molecular formula is C17H17BrFN3O2. The van der Waals surface area contributed by atoms with Crippen LogP contribution in [0.1, 0.15) is 18.5 Å². The van der Waals surface area contributed by atoms with Gasteiger partial charge in [0.15, 0.2) is 0 Å². The molecule has 24 heavy (non-hydrogen) atoms. The standard InChI is InChI=1S/C17H17BrFN3O2/c1-11(12-3-2-4-13(18)9-12)21-17(24)20-10-16(23)22-15-7-5-14(19)6-8-15/h2-9,11H,10H2,1H3,(H,22,23)(H2,20,21,24). The molecule has 5 nitrogen and oxygen atoms in total. The van der Waals surface area contributed by atoms with E-state index in [-0.39, 0.29) is 18.4 Å². The highest BCUT2D eigenvalue weighted by molar-refractivity contribution is 9.10. The first-order valence-corrected chi connectivity index (χ1v) is 8.08. The van der Waals surface area contributed by atoms with E-state index in [4.69, 9.17) is 0 Å². The van der Waals surface area contributed by atoms with E-state index in [2.05, 4.69) is 31.9 Å². The summed E-state index contributed by atoms with van der Waals surface area (Å²) in [6, 6.07) is 12.3. The van der Waals surface area contributed by atoms with Gasteiger partial charge in [0.2, 0.25) is 5.91 Å². The van der Waals surface area contributed by atoms with Crippen LogP contribution in [-0.2, 0) is 4.79 Å². The van der Waals surface area contributed by atoms with Crippen LogP contribution in [0.25, 0.3) is 0 Å². The summed E-state index contributed by atoms with van der Waals surface area (Å²) in [6.45, 7) is 1.66. The van der Waals surface area contributed by atoms with Crippen LogP contribution in [-0.4, -0.2) is 18.5 Å². The molecule has 126 valence electrons. The van der Waals surface area contributed by atoms with E-state index >= 15 is 0 Å². The number of nitrogens with one attached hydrogen (secondary N) is 3. The van der Waals surface area contributed by atoms with Crippen molar-refractivity contribution in [1.82, 2.24) is 10.6 Å². The van der Waals surface area contributed by atoms with Gasteiger partial charge in [0.05, 0.1) is 12.6 Å². The average molecular weight is 394 g/mol. The van der Waals surface area contributed by atoms with Crippen molar-refractivity contribution in [3.05, 3.63) is 64.4 Å². The summed E-state index contributed by atoms with van der Waals surface area (Å²) in [5.74, 6) is -0.779. The third kappa shape index (κ3) is 5.66. The van der Waals surface area contributed by atoms with E-state index in [1.165, 1.54) is 24.3 Å². The second kappa shape index (κ2) is 8.44. The summed E-state index contributed by atoms with van der Waals surface area (Å²) in [4.78, 5) is 23.6. The Morgan fingerprint density at radius 2 is 1.88 bits per heavy atom. The van der Waals surface area contributed by atoms with Gasteiger partial charge in [-0.1, -0.05) is 28.1 Å². The maximum Gasteiger partial charge on any atom is 0.315 e. The minimum Gasteiger partial charge on any atom is -0.332 e. The molecule has 7 heteroatoms. The van der Waals surface area contributed by atoms with Crippen LogP contribution in [0.5, 0.6) is 0 Å². The minimum absolute atomic E-state index is 0.186. The fourth-order valence-electron chi connectivity index (χ4n) is 2.01. The molecular weight excluding hydrogens is 377 g/mol. The zero-order valence-electron chi connectivity index (χ0n) is 13.0. The first-order chi connectivity index (χ1) is 11.4. The molecule has 0 aliphatic heterocycles. The Morgan fingerprint density at radius 3 is 2.54 bits per heavy atom. The smallest absolute Gasteiger partial charge is 0.315 e. The number of hydrogen-bond donors (Lipinski definition) is 3. The molecule has 3 N–H and O–H groups in total. The predicted molar refractivity (Wildman–Crippen MR) is 94.1 cm³/mol. The molecule has 0 aliphatic rings. The molecule has 0 fully saturated rings. The number of amides is 3. The number of anilines is 1. The molecule has 0 spiro atoms. The van der Waals surface area contributed by atoms with E-state index in [0.717, 1.165) is 10.0 Å². The van der Waals surface area contributed by atoms with E-state index in [1.54, 1.807) is 0 Å². The number of urea groups is 1. The van der Waals surface area contributed by atoms with E-state index in [1.807, 2.05) is 31.2 Å². The van der Waals surface area contributed by atoms with Crippen molar-refractivity contribution in [2.24, 2.45) is 0 Å².